The first-order valence-corrected chi connectivity index (χ1v) is 11.3. The van der Waals surface area contributed by atoms with Crippen LogP contribution in [0.2, 0.25) is 5.02 Å². The number of fused-ring (bicyclic) bond motifs is 3. The lowest BCUT2D eigenvalue weighted by molar-refractivity contribution is -0.155. The fraction of sp³-hybridized carbons (Fsp3) is 0.591. The van der Waals surface area contributed by atoms with Gasteiger partial charge in [0.15, 0.2) is 5.79 Å². The van der Waals surface area contributed by atoms with Crippen LogP contribution in [0.25, 0.3) is 5.69 Å². The number of carbonyl (C=O) groups excluding carboxylic acids is 1. The van der Waals surface area contributed by atoms with E-state index in [9.17, 15) is 4.79 Å². The fourth-order valence-corrected chi connectivity index (χ4v) is 5.83. The van der Waals surface area contributed by atoms with E-state index in [0.717, 1.165) is 48.6 Å². The maximum absolute atomic E-state index is 11.9. The summed E-state index contributed by atoms with van der Waals surface area (Å²) in [6.45, 7) is 1.82. The van der Waals surface area contributed by atoms with E-state index in [1.54, 1.807) is 11.9 Å². The van der Waals surface area contributed by atoms with Gasteiger partial charge in [-0.3, -0.25) is 4.57 Å². The Morgan fingerprint density at radius 1 is 1.13 bits per heavy atom. The van der Waals surface area contributed by atoms with E-state index in [4.69, 9.17) is 25.8 Å². The molecule has 1 aromatic heterocycles. The molecule has 2 saturated heterocycles. The predicted octanol–water partition coefficient (Wildman–Crippen LogP) is 3.24. The summed E-state index contributed by atoms with van der Waals surface area (Å²) < 4.78 is 20.0. The maximum atomic E-state index is 11.9. The van der Waals surface area contributed by atoms with E-state index in [1.165, 1.54) is 0 Å². The molecule has 2 spiro atoms. The Morgan fingerprint density at radius 3 is 2.61 bits per heavy atom. The molecule has 1 amide bonds. The van der Waals surface area contributed by atoms with Crippen LogP contribution in [0.1, 0.15) is 48.8 Å². The number of ether oxygens (including phenoxy) is 3. The zero-order valence-electron chi connectivity index (χ0n) is 17.5. The highest BCUT2D eigenvalue weighted by molar-refractivity contribution is 6.30. The molecule has 9 heteroatoms. The summed E-state index contributed by atoms with van der Waals surface area (Å²) >= 11 is 6.34. The van der Waals surface area contributed by atoms with Crippen LogP contribution < -0.4 is 0 Å². The van der Waals surface area contributed by atoms with E-state index in [-0.39, 0.29) is 17.6 Å². The van der Waals surface area contributed by atoms with Gasteiger partial charge < -0.3 is 19.1 Å². The van der Waals surface area contributed by atoms with Crippen LogP contribution >= 0.6 is 11.6 Å². The van der Waals surface area contributed by atoms with Gasteiger partial charge >= 0.3 is 6.09 Å². The summed E-state index contributed by atoms with van der Waals surface area (Å²) in [7, 11) is 1.80. The van der Waals surface area contributed by atoms with Crippen molar-refractivity contribution in [2.24, 2.45) is 0 Å². The topological polar surface area (TPSA) is 78.7 Å². The van der Waals surface area contributed by atoms with Crippen LogP contribution in [-0.2, 0) is 27.1 Å². The molecule has 164 valence electrons. The molecule has 6 rings (SSSR count). The molecule has 0 N–H and O–H groups in total. The van der Waals surface area contributed by atoms with Crippen molar-refractivity contribution in [1.82, 2.24) is 19.7 Å². The van der Waals surface area contributed by atoms with Crippen molar-refractivity contribution >= 4 is 17.7 Å². The van der Waals surface area contributed by atoms with Gasteiger partial charge in [-0.15, -0.1) is 10.2 Å². The number of amides is 1. The minimum Gasteiger partial charge on any atom is -0.441 e. The molecular weight excluding hydrogens is 420 g/mol. The van der Waals surface area contributed by atoms with Crippen LogP contribution in [0.15, 0.2) is 18.2 Å². The first-order chi connectivity index (χ1) is 15.0. The van der Waals surface area contributed by atoms with Crippen molar-refractivity contribution in [3.8, 4) is 5.69 Å². The molecule has 4 aliphatic rings. The molecular formula is C22H25ClN4O4. The van der Waals surface area contributed by atoms with Gasteiger partial charge in [-0.1, -0.05) is 11.6 Å². The summed E-state index contributed by atoms with van der Waals surface area (Å²) in [4.78, 5) is 13.6. The zero-order valence-corrected chi connectivity index (χ0v) is 18.2. The van der Waals surface area contributed by atoms with Gasteiger partial charge in [0, 0.05) is 24.4 Å². The molecule has 3 aliphatic heterocycles. The summed E-state index contributed by atoms with van der Waals surface area (Å²) in [5.41, 5.74) is 1.76. The second-order valence-corrected chi connectivity index (χ2v) is 9.66. The first kappa shape index (κ1) is 19.5. The molecule has 1 saturated carbocycles. The Hall–Kier alpha value is -2.16. The third-order valence-electron chi connectivity index (χ3n) is 7.14. The van der Waals surface area contributed by atoms with Gasteiger partial charge in [-0.2, -0.15) is 0 Å². The van der Waals surface area contributed by atoms with E-state index >= 15 is 0 Å². The zero-order chi connectivity index (χ0) is 21.2. The lowest BCUT2D eigenvalue weighted by atomic mass is 9.78. The SMILES string of the molecule is CN1CC2(CCC(c3nnc4n3-c3ccc(Cl)cc3CC3(C4)OCCO3)CC2)OC1=O. The number of rotatable bonds is 1. The first-order valence-electron chi connectivity index (χ1n) is 10.9. The quantitative estimate of drug-likeness (QED) is 0.671. The van der Waals surface area contributed by atoms with Crippen LogP contribution in [0.5, 0.6) is 0 Å². The molecule has 0 bridgehead atoms. The third kappa shape index (κ3) is 3.15. The maximum Gasteiger partial charge on any atom is 0.410 e. The molecule has 1 aliphatic carbocycles. The van der Waals surface area contributed by atoms with Crippen molar-refractivity contribution in [2.45, 2.75) is 55.8 Å². The van der Waals surface area contributed by atoms with Crippen LogP contribution in [-0.4, -0.2) is 64.0 Å². The minimum atomic E-state index is -0.711. The normalized spacial score (nSPS) is 29.2. The van der Waals surface area contributed by atoms with E-state index in [0.29, 0.717) is 37.6 Å². The van der Waals surface area contributed by atoms with E-state index in [1.807, 2.05) is 18.2 Å². The highest BCUT2D eigenvalue weighted by Gasteiger charge is 2.48. The lowest BCUT2D eigenvalue weighted by Gasteiger charge is -2.34. The molecule has 3 fully saturated rings. The molecule has 8 nitrogen and oxygen atoms in total. The number of likely N-dealkylation sites (N-methyl/N-ethyl adjacent to an activating group) is 1. The van der Waals surface area contributed by atoms with Crippen molar-refractivity contribution in [3.05, 3.63) is 40.4 Å². The van der Waals surface area contributed by atoms with Gasteiger partial charge in [0.1, 0.15) is 17.2 Å². The van der Waals surface area contributed by atoms with Crippen LogP contribution in [0.4, 0.5) is 4.79 Å². The Labute approximate surface area is 185 Å². The van der Waals surface area contributed by atoms with E-state index < -0.39 is 5.79 Å². The highest BCUT2D eigenvalue weighted by Crippen LogP contribution is 2.44. The monoisotopic (exact) mass is 444 g/mol. The fourth-order valence-electron chi connectivity index (χ4n) is 5.63. The van der Waals surface area contributed by atoms with E-state index in [2.05, 4.69) is 14.8 Å². The summed E-state index contributed by atoms with van der Waals surface area (Å²) in [5, 5.41) is 9.90. The Morgan fingerprint density at radius 2 is 1.90 bits per heavy atom. The average Bonchev–Trinajstić information content (AvgIpc) is 3.40. The van der Waals surface area contributed by atoms with Crippen molar-refractivity contribution in [2.75, 3.05) is 26.8 Å². The number of hydrogen-bond donors (Lipinski definition) is 0. The molecule has 0 atom stereocenters. The third-order valence-corrected chi connectivity index (χ3v) is 7.38. The van der Waals surface area contributed by atoms with Crippen LogP contribution in [0, 0.1) is 0 Å². The second kappa shape index (κ2) is 6.92. The number of hydrogen-bond acceptors (Lipinski definition) is 6. The Balaban J connectivity index is 1.35. The van der Waals surface area contributed by atoms with Crippen LogP contribution in [0.3, 0.4) is 0 Å². The predicted molar refractivity (Wildman–Crippen MR) is 111 cm³/mol. The van der Waals surface area contributed by atoms with Gasteiger partial charge in [0.25, 0.3) is 0 Å². The van der Waals surface area contributed by atoms with Crippen molar-refractivity contribution in [3.63, 3.8) is 0 Å². The van der Waals surface area contributed by atoms with Gasteiger partial charge in [-0.05, 0) is 49.4 Å². The smallest absolute Gasteiger partial charge is 0.410 e. The van der Waals surface area contributed by atoms with Crippen molar-refractivity contribution < 1.29 is 19.0 Å². The molecule has 1 aromatic carbocycles. The molecule has 0 radical (unpaired) electrons. The lowest BCUT2D eigenvalue weighted by Crippen LogP contribution is -2.38. The molecule has 0 unspecified atom stereocenters. The Bertz CT molecular complexity index is 1040. The largest absolute Gasteiger partial charge is 0.441 e. The molecule has 4 heterocycles. The minimum absolute atomic E-state index is 0.220. The number of benzene rings is 1. The second-order valence-electron chi connectivity index (χ2n) is 9.23. The van der Waals surface area contributed by atoms with Crippen molar-refractivity contribution in [1.29, 1.82) is 0 Å². The number of aromatic nitrogens is 3. The summed E-state index contributed by atoms with van der Waals surface area (Å²) in [5.74, 6) is 1.35. The number of carbonyl (C=O) groups is 1. The number of halogens is 1. The standard InChI is InChI=1S/C22H25ClN4O4/c1-26-13-21(31-20(26)28)6-4-14(5-7-21)19-25-24-18-12-22(29-8-9-30-22)11-15-10-16(23)2-3-17(15)27(18)19/h2-3,10,14H,4-9,11-13H2,1H3. The van der Waals surface area contributed by atoms with Gasteiger partial charge in [0.05, 0.1) is 31.9 Å². The molecule has 31 heavy (non-hydrogen) atoms. The average molecular weight is 445 g/mol. The summed E-state index contributed by atoms with van der Waals surface area (Å²) in [6, 6.07) is 5.94. The Kier molecular flexibility index (Phi) is 4.36. The summed E-state index contributed by atoms with van der Waals surface area (Å²) in [6.07, 6.45) is 4.43. The number of nitrogens with zero attached hydrogens (tertiary/aromatic N) is 4. The van der Waals surface area contributed by atoms with Gasteiger partial charge in [0.2, 0.25) is 0 Å². The van der Waals surface area contributed by atoms with Gasteiger partial charge in [-0.25, -0.2) is 4.79 Å². The molecule has 2 aromatic rings. The highest BCUT2D eigenvalue weighted by atomic mass is 35.5.